The molecule has 3 aromatic rings. The maximum absolute atomic E-state index is 14.2. The summed E-state index contributed by atoms with van der Waals surface area (Å²) in [5.74, 6) is 0. The van der Waals surface area contributed by atoms with E-state index in [0.29, 0.717) is 61.7 Å². The van der Waals surface area contributed by atoms with Crippen LogP contribution in [0.25, 0.3) is 22.2 Å². The Kier molecular flexibility index (Phi) is 9.64. The van der Waals surface area contributed by atoms with Crippen LogP contribution in [0.2, 0.25) is 0 Å². The molecule has 1 saturated heterocycles. The van der Waals surface area contributed by atoms with Gasteiger partial charge in [0.15, 0.2) is 0 Å². The number of pyridine rings is 1. The number of hydrogen-bond acceptors (Lipinski definition) is 6. The van der Waals surface area contributed by atoms with Crippen LogP contribution in [0.5, 0.6) is 0 Å². The number of hydrogen-bond donors (Lipinski definition) is 0. The number of carbonyl (C=O) groups excluding carboxylic acids is 1. The number of nitrogens with zero attached hydrogens (tertiary/aromatic N) is 3. The first kappa shape index (κ1) is 30.8. The number of alkyl halides is 3. The molecule has 10 heteroatoms. The number of aryl methyl sites for hydroxylation is 1. The Bertz CT molecular complexity index is 1350. The van der Waals surface area contributed by atoms with Crippen LogP contribution >= 0.6 is 0 Å². The fourth-order valence-electron chi connectivity index (χ4n) is 5.62. The van der Waals surface area contributed by atoms with Crippen molar-refractivity contribution in [2.75, 3.05) is 44.9 Å². The molecule has 1 aliphatic heterocycles. The highest BCUT2D eigenvalue weighted by molar-refractivity contribution is 5.94. The average Bonchev–Trinajstić information content (AvgIpc) is 3.22. The van der Waals surface area contributed by atoms with Gasteiger partial charge in [-0.15, -0.1) is 0 Å². The molecule has 41 heavy (non-hydrogen) atoms. The van der Waals surface area contributed by atoms with E-state index < -0.39 is 24.2 Å². The fourth-order valence-corrected chi connectivity index (χ4v) is 5.62. The van der Waals surface area contributed by atoms with Gasteiger partial charge in [-0.3, -0.25) is 9.78 Å². The average molecular weight is 576 g/mol. The molecule has 2 aromatic heterocycles. The summed E-state index contributed by atoms with van der Waals surface area (Å²) < 4.78 is 60.4. The lowest BCUT2D eigenvalue weighted by molar-refractivity contribution is -0.139. The van der Waals surface area contributed by atoms with E-state index in [1.54, 1.807) is 19.4 Å². The second kappa shape index (κ2) is 12.8. The third kappa shape index (κ3) is 7.22. The van der Waals surface area contributed by atoms with Gasteiger partial charge in [0.1, 0.15) is 6.54 Å². The van der Waals surface area contributed by atoms with Crippen LogP contribution in [0.4, 0.5) is 18.9 Å². The number of carbonyl (C=O) groups is 1. The van der Waals surface area contributed by atoms with Crippen LogP contribution in [0.15, 0.2) is 30.5 Å². The van der Waals surface area contributed by atoms with Gasteiger partial charge in [0, 0.05) is 54.0 Å². The number of ether oxygens (including phenoxy) is 3. The first-order valence-corrected chi connectivity index (χ1v) is 14.1. The number of benzene rings is 1. The third-order valence-corrected chi connectivity index (χ3v) is 7.57. The van der Waals surface area contributed by atoms with E-state index >= 15 is 0 Å². The van der Waals surface area contributed by atoms with Gasteiger partial charge >= 0.3 is 6.18 Å². The van der Waals surface area contributed by atoms with Crippen LogP contribution in [0.3, 0.4) is 0 Å². The van der Waals surface area contributed by atoms with Crippen molar-refractivity contribution in [2.24, 2.45) is 5.41 Å². The molecule has 1 fully saturated rings. The molecule has 0 radical (unpaired) electrons. The molecule has 4 rings (SSSR count). The molecular formula is C31H40F3N3O4. The lowest BCUT2D eigenvalue weighted by Gasteiger charge is -2.29. The van der Waals surface area contributed by atoms with E-state index in [-0.39, 0.29) is 6.61 Å². The quantitative estimate of drug-likeness (QED) is 0.230. The summed E-state index contributed by atoms with van der Waals surface area (Å²) in [7, 11) is 1.57. The van der Waals surface area contributed by atoms with E-state index in [0.717, 1.165) is 35.0 Å². The van der Waals surface area contributed by atoms with E-state index in [1.807, 2.05) is 39.0 Å². The Morgan fingerprint density at radius 2 is 1.90 bits per heavy atom. The number of methoxy groups -OCH3 is 1. The molecule has 1 unspecified atom stereocenters. The number of halogens is 3. The lowest BCUT2D eigenvalue weighted by Crippen LogP contribution is -2.36. The zero-order valence-corrected chi connectivity index (χ0v) is 24.5. The number of anilines is 1. The molecule has 0 N–H and O–H groups in total. The minimum absolute atomic E-state index is 0.125. The molecular weight excluding hydrogens is 535 g/mol. The number of rotatable bonds is 12. The van der Waals surface area contributed by atoms with E-state index in [1.165, 1.54) is 4.57 Å². The first-order chi connectivity index (χ1) is 19.5. The molecule has 7 nitrogen and oxygen atoms in total. The van der Waals surface area contributed by atoms with Crippen molar-refractivity contribution in [3.63, 3.8) is 0 Å². The van der Waals surface area contributed by atoms with Crippen molar-refractivity contribution in [1.29, 1.82) is 0 Å². The summed E-state index contributed by atoms with van der Waals surface area (Å²) >= 11 is 0. The summed E-state index contributed by atoms with van der Waals surface area (Å²) in [6.45, 7) is 9.77. The molecule has 0 aliphatic carbocycles. The highest BCUT2D eigenvalue weighted by atomic mass is 19.4. The normalized spacial score (nSPS) is 15.4. The molecule has 1 aliphatic rings. The smallest absolute Gasteiger partial charge is 0.406 e. The fraction of sp³-hybridized carbons (Fsp3) is 0.548. The summed E-state index contributed by atoms with van der Waals surface area (Å²) in [5, 5.41) is 0.740. The van der Waals surface area contributed by atoms with E-state index in [9.17, 15) is 18.0 Å². The zero-order valence-electron chi connectivity index (χ0n) is 24.5. The highest BCUT2D eigenvalue weighted by Gasteiger charge is 2.34. The highest BCUT2D eigenvalue weighted by Crippen LogP contribution is 2.43. The van der Waals surface area contributed by atoms with Crippen molar-refractivity contribution >= 4 is 23.1 Å². The van der Waals surface area contributed by atoms with Crippen molar-refractivity contribution < 1.29 is 32.2 Å². The summed E-state index contributed by atoms with van der Waals surface area (Å²) in [6, 6.07) is 7.63. The first-order valence-electron chi connectivity index (χ1n) is 14.1. The van der Waals surface area contributed by atoms with E-state index in [2.05, 4.69) is 11.8 Å². The molecule has 1 aromatic carbocycles. The van der Waals surface area contributed by atoms with Crippen LogP contribution in [0, 0.1) is 5.41 Å². The SMILES string of the molecule is CCCc1cnc(C(C)OC)c(-c2c(CC(C)(C)COC=O)c3cc(N4CCOCC4)ccc3n2CC(F)(F)F)c1. The minimum atomic E-state index is -4.46. The maximum atomic E-state index is 14.2. The Morgan fingerprint density at radius 1 is 1.17 bits per heavy atom. The van der Waals surface area contributed by atoms with Gasteiger partial charge in [0.25, 0.3) is 6.47 Å². The van der Waals surface area contributed by atoms with Gasteiger partial charge in [-0.25, -0.2) is 0 Å². The molecule has 1 atom stereocenters. The third-order valence-electron chi connectivity index (χ3n) is 7.57. The van der Waals surface area contributed by atoms with Crippen LogP contribution in [-0.4, -0.2) is 62.2 Å². The largest absolute Gasteiger partial charge is 0.467 e. The monoisotopic (exact) mass is 575 g/mol. The summed E-state index contributed by atoms with van der Waals surface area (Å²) in [5.41, 5.74) is 4.26. The lowest BCUT2D eigenvalue weighted by atomic mass is 9.84. The molecule has 0 amide bonds. The summed E-state index contributed by atoms with van der Waals surface area (Å²) in [6.07, 6.45) is -1.12. The van der Waals surface area contributed by atoms with Crippen molar-refractivity contribution in [3.8, 4) is 11.3 Å². The second-order valence-electron chi connectivity index (χ2n) is 11.5. The zero-order chi connectivity index (χ0) is 29.8. The molecule has 0 spiro atoms. The van der Waals surface area contributed by atoms with Gasteiger partial charge in [0.05, 0.1) is 37.3 Å². The van der Waals surface area contributed by atoms with Gasteiger partial charge in [-0.05, 0) is 55.2 Å². The maximum Gasteiger partial charge on any atom is 0.406 e. The Morgan fingerprint density at radius 3 is 2.54 bits per heavy atom. The van der Waals surface area contributed by atoms with Gasteiger partial charge in [0.2, 0.25) is 0 Å². The molecule has 3 heterocycles. The number of fused-ring (bicyclic) bond motifs is 1. The van der Waals surface area contributed by atoms with Gasteiger partial charge in [-0.1, -0.05) is 27.2 Å². The summed E-state index contributed by atoms with van der Waals surface area (Å²) in [4.78, 5) is 18.0. The van der Waals surface area contributed by atoms with Crippen molar-refractivity contribution in [1.82, 2.24) is 9.55 Å². The van der Waals surface area contributed by atoms with E-state index in [4.69, 9.17) is 19.2 Å². The molecule has 224 valence electrons. The van der Waals surface area contributed by atoms with Gasteiger partial charge < -0.3 is 23.7 Å². The predicted molar refractivity (Wildman–Crippen MR) is 153 cm³/mol. The molecule has 0 saturated carbocycles. The van der Waals surface area contributed by atoms with Crippen LogP contribution in [0.1, 0.15) is 57.0 Å². The number of morpholine rings is 1. The van der Waals surface area contributed by atoms with Crippen LogP contribution in [-0.2, 0) is 38.4 Å². The van der Waals surface area contributed by atoms with Gasteiger partial charge in [-0.2, -0.15) is 13.2 Å². The van der Waals surface area contributed by atoms with Crippen molar-refractivity contribution in [2.45, 2.75) is 65.8 Å². The van der Waals surface area contributed by atoms with Crippen molar-refractivity contribution in [3.05, 3.63) is 47.3 Å². The van der Waals surface area contributed by atoms with Crippen LogP contribution < -0.4 is 4.90 Å². The number of aromatic nitrogens is 2. The minimum Gasteiger partial charge on any atom is -0.467 e. The standard InChI is InChI=1S/C31H40F3N3O4/c1-6-7-22-14-25(28(35-17-22)21(2)39-5)29-26(16-30(3,4)19-41-20-38)24-15-23(36-10-12-40-13-11-36)8-9-27(24)37(29)18-31(32,33)34/h8-9,14-15,17,20-21H,6-7,10-13,16,18-19H2,1-5H3. The second-order valence-corrected chi connectivity index (χ2v) is 11.5. The Balaban J connectivity index is 2.07. The predicted octanol–water partition coefficient (Wildman–Crippen LogP) is 6.50. The Labute approximate surface area is 239 Å². The molecule has 0 bridgehead atoms. The Hall–Kier alpha value is -3.11. The topological polar surface area (TPSA) is 65.8 Å².